The predicted molar refractivity (Wildman–Crippen MR) is 78.0 cm³/mol. The maximum atomic E-state index is 11.4. The van der Waals surface area contributed by atoms with Crippen LogP contribution in [0.4, 0.5) is 0 Å². The number of rotatable bonds is 7. The van der Waals surface area contributed by atoms with E-state index in [-0.39, 0.29) is 5.91 Å². The molecule has 0 unspecified atom stereocenters. The first-order chi connectivity index (χ1) is 8.97. The number of aliphatic hydroxyl groups is 1. The first-order valence-corrected chi connectivity index (χ1v) is 7.60. The maximum absolute atomic E-state index is 11.4. The first-order valence-electron chi connectivity index (χ1n) is 7.60. The molecule has 0 aromatic rings. The van der Waals surface area contributed by atoms with Gasteiger partial charge in [0.15, 0.2) is 0 Å². The lowest BCUT2D eigenvalue weighted by atomic mass is 9.78. The van der Waals surface area contributed by atoms with Crippen molar-refractivity contribution in [1.82, 2.24) is 10.2 Å². The normalized spacial score (nSPS) is 27.3. The molecule has 0 atom stereocenters. The van der Waals surface area contributed by atoms with E-state index in [4.69, 9.17) is 0 Å². The number of hydrogen-bond donors (Lipinski definition) is 2. The minimum absolute atomic E-state index is 0.170. The molecule has 112 valence electrons. The number of carbonyl (C=O) groups excluding carboxylic acids is 1. The zero-order chi connectivity index (χ0) is 14.3. The molecule has 1 rings (SSSR count). The van der Waals surface area contributed by atoms with Crippen LogP contribution in [0, 0.1) is 5.92 Å². The van der Waals surface area contributed by atoms with Gasteiger partial charge in [0.2, 0.25) is 5.91 Å². The fourth-order valence-corrected chi connectivity index (χ4v) is 2.71. The molecule has 0 aromatic carbocycles. The summed E-state index contributed by atoms with van der Waals surface area (Å²) < 4.78 is 0. The Bertz CT molecular complexity index is 271. The van der Waals surface area contributed by atoms with Crippen molar-refractivity contribution >= 4 is 5.91 Å². The van der Waals surface area contributed by atoms with Crippen molar-refractivity contribution in [3.8, 4) is 0 Å². The van der Waals surface area contributed by atoms with Crippen molar-refractivity contribution in [2.24, 2.45) is 5.92 Å². The summed E-state index contributed by atoms with van der Waals surface area (Å²) in [5.74, 6) is 0.974. The quantitative estimate of drug-likeness (QED) is 0.693. The number of hydrogen-bond acceptors (Lipinski definition) is 3. The van der Waals surface area contributed by atoms with E-state index in [9.17, 15) is 9.90 Å². The molecule has 0 aromatic heterocycles. The van der Waals surface area contributed by atoms with Gasteiger partial charge in [0.1, 0.15) is 0 Å². The molecule has 4 nitrogen and oxygen atoms in total. The summed E-state index contributed by atoms with van der Waals surface area (Å²) in [5.41, 5.74) is -0.517. The van der Waals surface area contributed by atoms with Crippen LogP contribution in [0.25, 0.3) is 0 Å². The van der Waals surface area contributed by atoms with Crippen LogP contribution < -0.4 is 5.32 Å². The smallest absolute Gasteiger partial charge is 0.222 e. The second-order valence-corrected chi connectivity index (χ2v) is 6.14. The van der Waals surface area contributed by atoms with Gasteiger partial charge in [-0.3, -0.25) is 4.79 Å². The molecule has 1 saturated carbocycles. The highest BCUT2D eigenvalue weighted by atomic mass is 16.3. The van der Waals surface area contributed by atoms with Gasteiger partial charge in [-0.05, 0) is 44.6 Å². The second kappa shape index (κ2) is 7.85. The third kappa shape index (κ3) is 5.91. The lowest BCUT2D eigenvalue weighted by molar-refractivity contribution is -0.128. The van der Waals surface area contributed by atoms with Crippen LogP contribution in [0.15, 0.2) is 0 Å². The molecule has 0 heterocycles. The van der Waals surface area contributed by atoms with Crippen molar-refractivity contribution < 1.29 is 9.90 Å². The summed E-state index contributed by atoms with van der Waals surface area (Å²) in [6, 6.07) is 0. The second-order valence-electron chi connectivity index (χ2n) is 6.14. The van der Waals surface area contributed by atoms with E-state index < -0.39 is 5.60 Å². The Hall–Kier alpha value is -0.610. The zero-order valence-electron chi connectivity index (χ0n) is 12.7. The van der Waals surface area contributed by atoms with Gasteiger partial charge in [0, 0.05) is 27.1 Å². The van der Waals surface area contributed by atoms with Crippen LogP contribution in [-0.2, 0) is 4.79 Å². The molecule has 1 amide bonds. The SMILES string of the molecule is CCC1CCC(O)(CNCCCC(=O)N(C)C)CC1. The van der Waals surface area contributed by atoms with Crippen molar-refractivity contribution in [3.05, 3.63) is 0 Å². The molecule has 19 heavy (non-hydrogen) atoms. The van der Waals surface area contributed by atoms with Crippen LogP contribution in [-0.4, -0.2) is 48.7 Å². The fraction of sp³-hybridized carbons (Fsp3) is 0.933. The molecular weight excluding hydrogens is 240 g/mol. The van der Waals surface area contributed by atoms with E-state index in [0.29, 0.717) is 13.0 Å². The van der Waals surface area contributed by atoms with E-state index in [2.05, 4.69) is 12.2 Å². The Morgan fingerprint density at radius 1 is 1.37 bits per heavy atom. The Kier molecular flexibility index (Phi) is 6.80. The van der Waals surface area contributed by atoms with Gasteiger partial charge in [-0.15, -0.1) is 0 Å². The lowest BCUT2D eigenvalue weighted by Crippen LogP contribution is -2.43. The van der Waals surface area contributed by atoms with E-state index >= 15 is 0 Å². The first kappa shape index (κ1) is 16.4. The molecule has 1 fully saturated rings. The summed E-state index contributed by atoms with van der Waals surface area (Å²) in [4.78, 5) is 13.0. The highest BCUT2D eigenvalue weighted by molar-refractivity contribution is 5.75. The van der Waals surface area contributed by atoms with Crippen molar-refractivity contribution in [2.75, 3.05) is 27.2 Å². The Morgan fingerprint density at radius 3 is 2.53 bits per heavy atom. The molecule has 1 aliphatic rings. The number of nitrogens with zero attached hydrogens (tertiary/aromatic N) is 1. The van der Waals surface area contributed by atoms with Crippen LogP contribution in [0.2, 0.25) is 0 Å². The van der Waals surface area contributed by atoms with E-state index in [1.807, 2.05) is 0 Å². The number of carbonyl (C=O) groups is 1. The summed E-state index contributed by atoms with van der Waals surface area (Å²) in [7, 11) is 3.56. The third-order valence-electron chi connectivity index (χ3n) is 4.31. The summed E-state index contributed by atoms with van der Waals surface area (Å²) in [6.07, 6.45) is 6.77. The highest BCUT2D eigenvalue weighted by Crippen LogP contribution is 2.33. The summed E-state index contributed by atoms with van der Waals surface area (Å²) >= 11 is 0. The van der Waals surface area contributed by atoms with Gasteiger partial charge in [-0.25, -0.2) is 0 Å². The topological polar surface area (TPSA) is 52.6 Å². The molecule has 1 aliphatic carbocycles. The number of nitrogens with one attached hydrogen (secondary N) is 1. The maximum Gasteiger partial charge on any atom is 0.222 e. The predicted octanol–water partition coefficient (Wildman–Crippen LogP) is 1.78. The monoisotopic (exact) mass is 270 g/mol. The van der Waals surface area contributed by atoms with Crippen LogP contribution in [0.1, 0.15) is 51.9 Å². The average molecular weight is 270 g/mol. The molecule has 0 radical (unpaired) electrons. The van der Waals surface area contributed by atoms with Crippen molar-refractivity contribution in [2.45, 2.75) is 57.5 Å². The molecule has 0 saturated heterocycles. The average Bonchev–Trinajstić information content (AvgIpc) is 2.39. The molecule has 0 bridgehead atoms. The van der Waals surface area contributed by atoms with Gasteiger partial charge < -0.3 is 15.3 Å². The minimum Gasteiger partial charge on any atom is -0.389 e. The Morgan fingerprint density at radius 2 is 2.00 bits per heavy atom. The zero-order valence-corrected chi connectivity index (χ0v) is 12.7. The van der Waals surface area contributed by atoms with Crippen LogP contribution in [0.3, 0.4) is 0 Å². The highest BCUT2D eigenvalue weighted by Gasteiger charge is 2.31. The molecular formula is C15H30N2O2. The molecule has 0 spiro atoms. The molecule has 4 heteroatoms. The lowest BCUT2D eigenvalue weighted by Gasteiger charge is -2.36. The molecule has 0 aliphatic heterocycles. The van der Waals surface area contributed by atoms with Gasteiger partial charge in [0.25, 0.3) is 0 Å². The van der Waals surface area contributed by atoms with Crippen molar-refractivity contribution in [1.29, 1.82) is 0 Å². The Balaban J connectivity index is 2.11. The largest absolute Gasteiger partial charge is 0.389 e. The minimum atomic E-state index is -0.517. The van der Waals surface area contributed by atoms with Gasteiger partial charge in [-0.1, -0.05) is 13.3 Å². The van der Waals surface area contributed by atoms with Gasteiger partial charge in [0.05, 0.1) is 5.60 Å². The van der Waals surface area contributed by atoms with E-state index in [1.54, 1.807) is 19.0 Å². The molecule has 2 N–H and O–H groups in total. The third-order valence-corrected chi connectivity index (χ3v) is 4.31. The van der Waals surface area contributed by atoms with Crippen molar-refractivity contribution in [3.63, 3.8) is 0 Å². The number of amides is 1. The van der Waals surface area contributed by atoms with Gasteiger partial charge in [-0.2, -0.15) is 0 Å². The standard InChI is InChI=1S/C15H30N2O2/c1-4-13-7-9-15(19,10-8-13)12-16-11-5-6-14(18)17(2)3/h13,16,19H,4-12H2,1-3H3. The summed E-state index contributed by atoms with van der Waals surface area (Å²) in [6.45, 7) is 3.70. The van der Waals surface area contributed by atoms with Crippen LogP contribution >= 0.6 is 0 Å². The fourth-order valence-electron chi connectivity index (χ4n) is 2.71. The summed E-state index contributed by atoms with van der Waals surface area (Å²) in [5, 5.41) is 13.7. The Labute approximate surface area is 117 Å². The van der Waals surface area contributed by atoms with Crippen LogP contribution in [0.5, 0.6) is 0 Å². The van der Waals surface area contributed by atoms with E-state index in [0.717, 1.165) is 44.6 Å². The van der Waals surface area contributed by atoms with E-state index in [1.165, 1.54) is 6.42 Å². The van der Waals surface area contributed by atoms with Gasteiger partial charge >= 0.3 is 0 Å².